The Kier molecular flexibility index (Phi) is 6.02. The minimum atomic E-state index is -0.237. The normalized spacial score (nSPS) is 13.6. The molecule has 0 radical (unpaired) electrons. The van der Waals surface area contributed by atoms with Crippen molar-refractivity contribution in [3.05, 3.63) is 40.4 Å². The highest BCUT2D eigenvalue weighted by Gasteiger charge is 2.30. The quantitative estimate of drug-likeness (QED) is 0.220. The number of ether oxygens (including phenoxy) is 1. The van der Waals surface area contributed by atoms with Crippen LogP contribution in [0.5, 0.6) is 5.75 Å². The first kappa shape index (κ1) is 22.8. The van der Waals surface area contributed by atoms with Crippen LogP contribution in [-0.4, -0.2) is 42.3 Å². The molecule has 0 bridgehead atoms. The van der Waals surface area contributed by atoms with Gasteiger partial charge < -0.3 is 15.4 Å². The summed E-state index contributed by atoms with van der Waals surface area (Å²) in [5.74, 6) is 2.23. The van der Waals surface area contributed by atoms with Crippen molar-refractivity contribution in [3.63, 3.8) is 0 Å². The Morgan fingerprint density at radius 1 is 1.29 bits per heavy atom. The summed E-state index contributed by atoms with van der Waals surface area (Å²) in [5, 5.41) is 14.1. The van der Waals surface area contributed by atoms with Crippen molar-refractivity contribution in [1.82, 2.24) is 29.3 Å². The van der Waals surface area contributed by atoms with E-state index in [1.165, 1.54) is 4.68 Å². The third kappa shape index (κ3) is 4.16. The number of hydrogen-bond acceptors (Lipinski definition) is 7. The molecule has 3 N–H and O–H groups in total. The van der Waals surface area contributed by atoms with Gasteiger partial charge in [-0.3, -0.25) is 19.4 Å². The van der Waals surface area contributed by atoms with Gasteiger partial charge in [-0.15, -0.1) is 5.10 Å². The van der Waals surface area contributed by atoms with Gasteiger partial charge in [0.05, 0.1) is 30.4 Å². The van der Waals surface area contributed by atoms with Crippen LogP contribution in [0.25, 0.3) is 22.4 Å². The molecule has 4 aromatic rings. The first-order chi connectivity index (χ1) is 16.4. The topological polar surface area (TPSA) is 132 Å². The highest BCUT2D eigenvalue weighted by atomic mass is 127. The SMILES string of the molecule is COc1c(Nc2cc(NC(=O)C3CC3)nc3[nH]n(C)c(=O)c23)cccc1-c1nc(C)n(PI)n1. The standard InChI is InChI=1S/C21H22IN8O3P/c1-10-23-18(28-30(10)34-22)12-5-4-6-13(17(12)33-3)24-14-9-15(26-20(31)11-7-8-11)25-19-16(14)21(32)29(2)27-19/h4-6,9,11,34H,7-8H2,1-3H3,(H3,24,25,26,27,31). The third-order valence-corrected chi connectivity index (χ3v) is 7.54. The Hall–Kier alpha value is -2.99. The molecule has 0 aliphatic heterocycles. The molecule has 3 heterocycles. The largest absolute Gasteiger partial charge is 0.494 e. The number of fused-ring (bicyclic) bond motifs is 1. The number of pyridine rings is 1. The maximum absolute atomic E-state index is 12.8. The summed E-state index contributed by atoms with van der Waals surface area (Å²) in [7, 11) is 3.20. The molecule has 1 fully saturated rings. The van der Waals surface area contributed by atoms with Gasteiger partial charge in [0.15, 0.2) is 17.2 Å². The highest BCUT2D eigenvalue weighted by molar-refractivity contribution is 14.2. The number of carbonyl (C=O) groups excluding carboxylic acids is 1. The molecule has 0 spiro atoms. The van der Waals surface area contributed by atoms with E-state index in [2.05, 4.69) is 52.8 Å². The smallest absolute Gasteiger partial charge is 0.277 e. The van der Waals surface area contributed by atoms with Crippen LogP contribution in [-0.2, 0) is 11.8 Å². The van der Waals surface area contributed by atoms with Crippen molar-refractivity contribution in [1.29, 1.82) is 0 Å². The number of aromatic nitrogens is 6. The van der Waals surface area contributed by atoms with Gasteiger partial charge in [0.1, 0.15) is 17.0 Å². The monoisotopic (exact) mass is 592 g/mol. The number of carbonyl (C=O) groups is 1. The number of nitrogens with zero attached hydrogens (tertiary/aromatic N) is 5. The second kappa shape index (κ2) is 8.99. The van der Waals surface area contributed by atoms with Crippen LogP contribution in [0.4, 0.5) is 17.2 Å². The lowest BCUT2D eigenvalue weighted by atomic mass is 10.1. The maximum Gasteiger partial charge on any atom is 0.277 e. The zero-order valence-electron chi connectivity index (χ0n) is 18.6. The number of methoxy groups -OCH3 is 1. The van der Waals surface area contributed by atoms with Gasteiger partial charge in [-0.25, -0.2) is 14.4 Å². The summed E-state index contributed by atoms with van der Waals surface area (Å²) in [5.41, 5.74) is 1.98. The van der Waals surface area contributed by atoms with Crippen LogP contribution in [0.2, 0.25) is 0 Å². The summed E-state index contributed by atoms with van der Waals surface area (Å²) in [4.78, 5) is 34.2. The summed E-state index contributed by atoms with van der Waals surface area (Å²) < 4.78 is 8.93. The number of benzene rings is 1. The van der Waals surface area contributed by atoms with E-state index in [-0.39, 0.29) is 17.4 Å². The molecule has 1 atom stereocenters. The van der Waals surface area contributed by atoms with E-state index >= 15 is 0 Å². The van der Waals surface area contributed by atoms with Crippen molar-refractivity contribution in [3.8, 4) is 17.1 Å². The fraction of sp³-hybridized carbons (Fsp3) is 0.286. The highest BCUT2D eigenvalue weighted by Crippen LogP contribution is 2.39. The third-order valence-electron chi connectivity index (χ3n) is 5.59. The van der Waals surface area contributed by atoms with E-state index in [1.807, 2.05) is 29.6 Å². The zero-order chi connectivity index (χ0) is 24.0. The Labute approximate surface area is 209 Å². The number of nitrogens with one attached hydrogen (secondary N) is 3. The van der Waals surface area contributed by atoms with Gasteiger partial charge in [-0.2, -0.15) is 0 Å². The number of para-hydroxylation sites is 1. The van der Waals surface area contributed by atoms with Gasteiger partial charge in [-0.1, -0.05) is 6.07 Å². The summed E-state index contributed by atoms with van der Waals surface area (Å²) in [6, 6.07) is 7.26. The molecule has 3 aromatic heterocycles. The molecule has 1 aliphatic carbocycles. The van der Waals surface area contributed by atoms with E-state index in [0.717, 1.165) is 24.2 Å². The van der Waals surface area contributed by atoms with Crippen LogP contribution in [0.15, 0.2) is 29.1 Å². The van der Waals surface area contributed by atoms with E-state index in [4.69, 9.17) is 4.74 Å². The fourth-order valence-electron chi connectivity index (χ4n) is 3.72. The lowest BCUT2D eigenvalue weighted by molar-refractivity contribution is -0.117. The molecule has 13 heteroatoms. The predicted molar refractivity (Wildman–Crippen MR) is 140 cm³/mol. The molecule has 34 heavy (non-hydrogen) atoms. The molecule has 5 rings (SSSR count). The number of anilines is 3. The average Bonchev–Trinajstić information content (AvgIpc) is 3.54. The van der Waals surface area contributed by atoms with Gasteiger partial charge >= 0.3 is 0 Å². The predicted octanol–water partition coefficient (Wildman–Crippen LogP) is 3.72. The molecule has 1 unspecified atom stereocenters. The summed E-state index contributed by atoms with van der Waals surface area (Å²) >= 11 is 2.26. The van der Waals surface area contributed by atoms with Crippen LogP contribution >= 0.6 is 28.4 Å². The number of amides is 1. The van der Waals surface area contributed by atoms with Crippen molar-refractivity contribution in [2.75, 3.05) is 17.7 Å². The molecule has 1 saturated carbocycles. The van der Waals surface area contributed by atoms with Crippen molar-refractivity contribution in [2.24, 2.45) is 13.0 Å². The number of hydrogen-bond donors (Lipinski definition) is 3. The van der Waals surface area contributed by atoms with Crippen LogP contribution in [0.1, 0.15) is 18.7 Å². The van der Waals surface area contributed by atoms with Crippen molar-refractivity contribution in [2.45, 2.75) is 19.8 Å². The van der Waals surface area contributed by atoms with Gasteiger partial charge in [0.25, 0.3) is 5.56 Å². The van der Waals surface area contributed by atoms with Crippen LogP contribution in [0, 0.1) is 12.8 Å². The average molecular weight is 592 g/mol. The molecule has 11 nitrogen and oxygen atoms in total. The molecule has 1 amide bonds. The fourth-order valence-corrected chi connectivity index (χ4v) is 5.39. The zero-order valence-corrected chi connectivity index (χ0v) is 21.8. The van der Waals surface area contributed by atoms with Crippen LogP contribution in [0.3, 0.4) is 0 Å². The van der Waals surface area contributed by atoms with Crippen molar-refractivity contribution >= 4 is 62.5 Å². The maximum atomic E-state index is 12.8. The van der Waals surface area contributed by atoms with Crippen molar-refractivity contribution < 1.29 is 9.53 Å². The Morgan fingerprint density at radius 2 is 2.09 bits per heavy atom. The van der Waals surface area contributed by atoms with Gasteiger partial charge in [0.2, 0.25) is 5.91 Å². The lowest BCUT2D eigenvalue weighted by Crippen LogP contribution is -2.15. The first-order valence-corrected chi connectivity index (χ1v) is 14.6. The minimum absolute atomic E-state index is 0.0272. The summed E-state index contributed by atoms with van der Waals surface area (Å²) in [6.07, 6.45) is 2.19. The van der Waals surface area contributed by atoms with E-state index in [9.17, 15) is 9.59 Å². The lowest BCUT2D eigenvalue weighted by Gasteiger charge is -2.15. The summed E-state index contributed by atoms with van der Waals surface area (Å²) in [6.45, 7) is 1.91. The number of aromatic amines is 1. The molecule has 1 aromatic carbocycles. The first-order valence-electron chi connectivity index (χ1n) is 10.5. The number of aryl methyl sites for hydroxylation is 2. The van der Waals surface area contributed by atoms with Gasteiger partial charge in [-0.05, 0) is 53.9 Å². The second-order valence-corrected chi connectivity index (χ2v) is 10.0. The Bertz CT molecular complexity index is 1470. The van der Waals surface area contributed by atoms with E-state index < -0.39 is 0 Å². The van der Waals surface area contributed by atoms with Gasteiger partial charge in [0, 0.05) is 19.0 Å². The second-order valence-electron chi connectivity index (χ2n) is 8.01. The molecule has 0 saturated heterocycles. The van der Waals surface area contributed by atoms with E-state index in [0.29, 0.717) is 46.2 Å². The molecular weight excluding hydrogens is 570 g/mol. The Morgan fingerprint density at radius 3 is 2.76 bits per heavy atom. The number of rotatable bonds is 7. The van der Waals surface area contributed by atoms with E-state index in [1.54, 1.807) is 20.2 Å². The minimum Gasteiger partial charge on any atom is -0.494 e. The molecular formula is C21H22IN8O3P. The molecule has 176 valence electrons. The molecule has 1 aliphatic rings. The van der Waals surface area contributed by atoms with Crippen LogP contribution < -0.4 is 20.9 Å². The Balaban J connectivity index is 1.59. The number of H-pyrrole nitrogens is 1. The number of halogens is 1.